The van der Waals surface area contributed by atoms with Gasteiger partial charge >= 0.3 is 6.03 Å². The lowest BCUT2D eigenvalue weighted by Crippen LogP contribution is -2.23. The van der Waals surface area contributed by atoms with Crippen LogP contribution in [0.2, 0.25) is 0 Å². The van der Waals surface area contributed by atoms with Crippen LogP contribution in [0.4, 0.5) is 9.80 Å². The van der Waals surface area contributed by atoms with Gasteiger partial charge in [-0.2, -0.15) is 4.37 Å². The molecule has 0 unspecified atom stereocenters. The summed E-state index contributed by atoms with van der Waals surface area (Å²) in [5.74, 6) is 0. The van der Waals surface area contributed by atoms with Crippen LogP contribution in [-0.4, -0.2) is 17.5 Å². The normalized spacial score (nSPS) is 11.1. The Morgan fingerprint density at radius 1 is 1.50 bits per heavy atom. The molecule has 0 spiro atoms. The molecule has 78 valence electrons. The van der Waals surface area contributed by atoms with E-state index in [0.29, 0.717) is 0 Å². The Hall–Kier alpha value is -1.10. The lowest BCUT2D eigenvalue weighted by molar-refractivity contribution is 0.254. The van der Waals surface area contributed by atoms with Crippen molar-refractivity contribution in [3.8, 4) is 0 Å². The third-order valence-electron chi connectivity index (χ3n) is 1.74. The van der Waals surface area contributed by atoms with Gasteiger partial charge in [0, 0.05) is 12.5 Å². The molecule has 0 saturated heterocycles. The van der Waals surface area contributed by atoms with Gasteiger partial charge in [0.05, 0.1) is 5.69 Å². The molecule has 0 atom stereocenters. The van der Waals surface area contributed by atoms with Gasteiger partial charge in [-0.15, -0.1) is 0 Å². The van der Waals surface area contributed by atoms with E-state index in [1.54, 1.807) is 7.05 Å². The third-order valence-corrected chi connectivity index (χ3v) is 2.45. The van der Waals surface area contributed by atoms with E-state index in [2.05, 4.69) is 35.8 Å². The molecule has 1 rings (SSSR count). The average molecular weight is 213 g/mol. The SMILES string of the molecule is CNC(=O)Nc1cc(C(C)(C)C)ns1. The van der Waals surface area contributed by atoms with Crippen molar-refractivity contribution in [2.75, 3.05) is 12.4 Å². The lowest BCUT2D eigenvalue weighted by atomic mass is 9.92. The van der Waals surface area contributed by atoms with E-state index < -0.39 is 0 Å². The molecule has 0 aliphatic heterocycles. The number of nitrogens with one attached hydrogen (secondary N) is 2. The Kier molecular flexibility index (Phi) is 3.10. The third kappa shape index (κ3) is 2.70. The van der Waals surface area contributed by atoms with Crippen molar-refractivity contribution in [2.24, 2.45) is 0 Å². The van der Waals surface area contributed by atoms with Crippen LogP contribution in [0, 0.1) is 0 Å². The molecule has 1 heterocycles. The van der Waals surface area contributed by atoms with Gasteiger partial charge < -0.3 is 5.32 Å². The van der Waals surface area contributed by atoms with Gasteiger partial charge in [0.1, 0.15) is 5.00 Å². The van der Waals surface area contributed by atoms with Crippen molar-refractivity contribution in [3.05, 3.63) is 11.8 Å². The van der Waals surface area contributed by atoms with Crippen LogP contribution in [0.1, 0.15) is 26.5 Å². The van der Waals surface area contributed by atoms with Gasteiger partial charge in [0.25, 0.3) is 0 Å². The fraction of sp³-hybridized carbons (Fsp3) is 0.556. The first kappa shape index (κ1) is 11.0. The second kappa shape index (κ2) is 3.96. The molecule has 0 aliphatic rings. The summed E-state index contributed by atoms with van der Waals surface area (Å²) in [6.07, 6.45) is 0. The number of aromatic nitrogens is 1. The van der Waals surface area contributed by atoms with Crippen molar-refractivity contribution < 1.29 is 4.79 Å². The van der Waals surface area contributed by atoms with Crippen LogP contribution in [0.15, 0.2) is 6.07 Å². The number of anilines is 1. The first-order valence-corrected chi connectivity index (χ1v) is 5.17. The van der Waals surface area contributed by atoms with E-state index in [9.17, 15) is 4.79 Å². The van der Waals surface area contributed by atoms with E-state index in [1.165, 1.54) is 11.5 Å². The summed E-state index contributed by atoms with van der Waals surface area (Å²) in [5, 5.41) is 5.95. The molecule has 0 bridgehead atoms. The molecule has 0 aliphatic carbocycles. The Balaban J connectivity index is 2.74. The van der Waals surface area contributed by atoms with Gasteiger partial charge in [-0.3, -0.25) is 5.32 Å². The second-order valence-corrected chi connectivity index (χ2v) is 4.84. The van der Waals surface area contributed by atoms with E-state index in [4.69, 9.17) is 0 Å². The van der Waals surface area contributed by atoms with Gasteiger partial charge in [0.2, 0.25) is 0 Å². The second-order valence-electron chi connectivity index (χ2n) is 4.03. The molecular formula is C9H15N3OS. The number of hydrogen-bond donors (Lipinski definition) is 2. The zero-order valence-corrected chi connectivity index (χ0v) is 9.66. The summed E-state index contributed by atoms with van der Waals surface area (Å²) < 4.78 is 4.27. The highest BCUT2D eigenvalue weighted by atomic mass is 32.1. The molecule has 14 heavy (non-hydrogen) atoms. The number of hydrogen-bond acceptors (Lipinski definition) is 3. The Labute approximate surface area is 87.9 Å². The maximum Gasteiger partial charge on any atom is 0.319 e. The largest absolute Gasteiger partial charge is 0.341 e. The summed E-state index contributed by atoms with van der Waals surface area (Å²) in [7, 11) is 1.58. The molecule has 0 fully saturated rings. The molecule has 0 saturated carbocycles. The molecule has 5 heteroatoms. The summed E-state index contributed by atoms with van der Waals surface area (Å²) in [6, 6.07) is 1.69. The maximum absolute atomic E-state index is 11.0. The Bertz CT molecular complexity index is 327. The number of carbonyl (C=O) groups excluding carboxylic acids is 1. The summed E-state index contributed by atoms with van der Waals surface area (Å²) in [6.45, 7) is 6.27. The molecule has 2 amide bonds. The van der Waals surface area contributed by atoms with Crippen LogP contribution in [0.5, 0.6) is 0 Å². The highest BCUT2D eigenvalue weighted by Crippen LogP contribution is 2.26. The highest BCUT2D eigenvalue weighted by Gasteiger charge is 2.17. The lowest BCUT2D eigenvalue weighted by Gasteiger charge is -2.13. The highest BCUT2D eigenvalue weighted by molar-refractivity contribution is 7.10. The minimum atomic E-state index is -0.214. The number of rotatable bonds is 1. The molecule has 4 nitrogen and oxygen atoms in total. The fourth-order valence-electron chi connectivity index (χ4n) is 0.862. The monoisotopic (exact) mass is 213 g/mol. The summed E-state index contributed by atoms with van der Waals surface area (Å²) in [4.78, 5) is 11.0. The smallest absolute Gasteiger partial charge is 0.319 e. The number of amides is 2. The topological polar surface area (TPSA) is 54.0 Å². The first-order chi connectivity index (χ1) is 6.43. The van der Waals surface area contributed by atoms with Crippen LogP contribution in [0.3, 0.4) is 0 Å². The van der Waals surface area contributed by atoms with Crippen molar-refractivity contribution >= 4 is 22.6 Å². The predicted molar refractivity (Wildman–Crippen MR) is 58.9 cm³/mol. The predicted octanol–water partition coefficient (Wildman–Crippen LogP) is 2.19. The minimum Gasteiger partial charge on any atom is -0.341 e. The Morgan fingerprint density at radius 3 is 2.57 bits per heavy atom. The van der Waals surface area contributed by atoms with Crippen LogP contribution < -0.4 is 10.6 Å². The van der Waals surface area contributed by atoms with Crippen LogP contribution >= 0.6 is 11.5 Å². The standard InChI is InChI=1S/C9H15N3OS/c1-9(2,3)6-5-7(14-12-6)11-8(13)10-4/h5H,1-4H3,(H2,10,11,13). The quantitative estimate of drug-likeness (QED) is 0.751. The van der Waals surface area contributed by atoms with Crippen molar-refractivity contribution in [3.63, 3.8) is 0 Å². The van der Waals surface area contributed by atoms with Gasteiger partial charge in [-0.25, -0.2) is 4.79 Å². The van der Waals surface area contributed by atoms with Crippen molar-refractivity contribution in [1.29, 1.82) is 0 Å². The van der Waals surface area contributed by atoms with E-state index in [1.807, 2.05) is 6.07 Å². The number of urea groups is 1. The minimum absolute atomic E-state index is 0.0269. The molecule has 1 aromatic heterocycles. The van der Waals surface area contributed by atoms with E-state index in [-0.39, 0.29) is 11.4 Å². The number of carbonyl (C=O) groups is 1. The fourth-order valence-corrected chi connectivity index (χ4v) is 1.69. The van der Waals surface area contributed by atoms with E-state index >= 15 is 0 Å². The molecular weight excluding hydrogens is 198 g/mol. The molecule has 2 N–H and O–H groups in total. The van der Waals surface area contributed by atoms with Crippen molar-refractivity contribution in [2.45, 2.75) is 26.2 Å². The van der Waals surface area contributed by atoms with Gasteiger partial charge in [0.15, 0.2) is 0 Å². The molecule has 0 radical (unpaired) electrons. The van der Waals surface area contributed by atoms with Gasteiger partial charge in [-0.1, -0.05) is 20.8 Å². The van der Waals surface area contributed by atoms with Crippen LogP contribution in [-0.2, 0) is 5.41 Å². The zero-order chi connectivity index (χ0) is 10.8. The zero-order valence-electron chi connectivity index (χ0n) is 8.84. The number of nitrogens with zero attached hydrogens (tertiary/aromatic N) is 1. The molecule has 0 aromatic carbocycles. The Morgan fingerprint density at radius 2 is 2.14 bits per heavy atom. The van der Waals surface area contributed by atoms with Gasteiger partial charge in [-0.05, 0) is 17.6 Å². The maximum atomic E-state index is 11.0. The average Bonchev–Trinajstić information content (AvgIpc) is 2.51. The first-order valence-electron chi connectivity index (χ1n) is 4.39. The van der Waals surface area contributed by atoms with Crippen molar-refractivity contribution in [1.82, 2.24) is 9.69 Å². The van der Waals surface area contributed by atoms with Crippen LogP contribution in [0.25, 0.3) is 0 Å². The summed E-state index contributed by atoms with van der Waals surface area (Å²) in [5.41, 5.74) is 1.02. The van der Waals surface area contributed by atoms with E-state index in [0.717, 1.165) is 10.7 Å². The molecule has 1 aromatic rings. The summed E-state index contributed by atoms with van der Waals surface area (Å²) >= 11 is 1.30.